The third-order valence-corrected chi connectivity index (χ3v) is 5.46. The molecule has 0 spiro atoms. The van der Waals surface area contributed by atoms with Crippen molar-refractivity contribution >= 4 is 15.9 Å². The van der Waals surface area contributed by atoms with Crippen LogP contribution >= 0.6 is 0 Å². The van der Waals surface area contributed by atoms with Crippen molar-refractivity contribution in [3.8, 4) is 5.75 Å². The number of amides is 1. The van der Waals surface area contributed by atoms with Crippen LogP contribution in [-0.4, -0.2) is 20.7 Å². The summed E-state index contributed by atoms with van der Waals surface area (Å²) in [5, 5.41) is 2.46. The third-order valence-electron chi connectivity index (χ3n) is 4.06. The van der Waals surface area contributed by atoms with E-state index in [1.54, 1.807) is 12.1 Å². The van der Waals surface area contributed by atoms with E-state index in [1.165, 1.54) is 42.7 Å². The Balaban J connectivity index is 1.68. The molecule has 2 N–H and O–H groups in total. The Labute approximate surface area is 175 Å². The largest absolute Gasteiger partial charge is 0.573 e. The molecule has 3 rings (SSSR count). The first-order chi connectivity index (χ1) is 14.6. The summed E-state index contributed by atoms with van der Waals surface area (Å²) in [5.74, 6) is -0.684. The van der Waals surface area contributed by atoms with Crippen molar-refractivity contribution in [1.82, 2.24) is 10.0 Å². The molecule has 0 bridgehead atoms. The number of alkyl halides is 3. The van der Waals surface area contributed by atoms with Crippen molar-refractivity contribution in [3.05, 3.63) is 83.8 Å². The Morgan fingerprint density at radius 2 is 1.77 bits per heavy atom. The van der Waals surface area contributed by atoms with Gasteiger partial charge in [0.15, 0.2) is 0 Å². The molecule has 164 valence electrons. The second kappa shape index (κ2) is 9.23. The van der Waals surface area contributed by atoms with Crippen LogP contribution in [0.5, 0.6) is 5.75 Å². The van der Waals surface area contributed by atoms with Gasteiger partial charge in [-0.1, -0.05) is 24.3 Å². The van der Waals surface area contributed by atoms with Crippen LogP contribution in [0, 0.1) is 0 Å². The van der Waals surface area contributed by atoms with E-state index in [-0.39, 0.29) is 29.1 Å². The molecule has 1 heterocycles. The van der Waals surface area contributed by atoms with Gasteiger partial charge in [0.25, 0.3) is 5.91 Å². The molecule has 1 amide bonds. The number of hydrogen-bond acceptors (Lipinski definition) is 5. The lowest BCUT2D eigenvalue weighted by Crippen LogP contribution is -2.26. The van der Waals surface area contributed by atoms with Crippen LogP contribution in [-0.2, 0) is 23.1 Å². The van der Waals surface area contributed by atoms with Crippen LogP contribution in [0.2, 0.25) is 0 Å². The highest BCUT2D eigenvalue weighted by Crippen LogP contribution is 2.26. The molecule has 0 atom stereocenters. The van der Waals surface area contributed by atoms with Crippen molar-refractivity contribution < 1.29 is 35.5 Å². The first kappa shape index (κ1) is 22.4. The molecule has 2 aromatic carbocycles. The molecule has 0 saturated carbocycles. The lowest BCUT2D eigenvalue weighted by molar-refractivity contribution is -0.274. The number of carbonyl (C=O) groups is 1. The number of nitrogens with one attached hydrogen (secondary N) is 2. The molecule has 3 aromatic rings. The molecular weight excluding hydrogens is 437 g/mol. The number of rotatable bonds is 8. The highest BCUT2D eigenvalue weighted by atomic mass is 32.2. The number of benzene rings is 2. The topological polar surface area (TPSA) is 97.6 Å². The quantitative estimate of drug-likeness (QED) is 0.542. The molecular formula is C20H17F3N2O5S. The van der Waals surface area contributed by atoms with Gasteiger partial charge in [-0.3, -0.25) is 4.79 Å². The molecule has 0 unspecified atom stereocenters. The summed E-state index contributed by atoms with van der Waals surface area (Å²) >= 11 is 0. The van der Waals surface area contributed by atoms with Crippen LogP contribution in [0.4, 0.5) is 13.2 Å². The van der Waals surface area contributed by atoms with Gasteiger partial charge in [-0.05, 0) is 36.4 Å². The van der Waals surface area contributed by atoms with Gasteiger partial charge in [0, 0.05) is 17.7 Å². The van der Waals surface area contributed by atoms with E-state index in [4.69, 9.17) is 4.42 Å². The first-order valence-electron chi connectivity index (χ1n) is 8.88. The second-order valence-electron chi connectivity index (χ2n) is 6.27. The van der Waals surface area contributed by atoms with Crippen LogP contribution in [0.15, 0.2) is 76.2 Å². The summed E-state index contributed by atoms with van der Waals surface area (Å²) in [7, 11) is -3.92. The van der Waals surface area contributed by atoms with Gasteiger partial charge in [0.05, 0.1) is 17.7 Å². The maximum atomic E-state index is 12.5. The number of ether oxygens (including phenoxy) is 1. The van der Waals surface area contributed by atoms with Gasteiger partial charge in [-0.15, -0.1) is 13.2 Å². The smallest absolute Gasteiger partial charge is 0.468 e. The zero-order chi connectivity index (χ0) is 22.5. The van der Waals surface area contributed by atoms with Crippen molar-refractivity contribution in [2.75, 3.05) is 0 Å². The lowest BCUT2D eigenvalue weighted by Gasteiger charge is -2.14. The van der Waals surface area contributed by atoms with Crippen molar-refractivity contribution in [1.29, 1.82) is 0 Å². The summed E-state index contributed by atoms with van der Waals surface area (Å²) < 4.78 is 73.8. The number of furan rings is 1. The number of hydrogen-bond donors (Lipinski definition) is 2. The maximum absolute atomic E-state index is 12.5. The molecule has 31 heavy (non-hydrogen) atoms. The predicted octanol–water partition coefficient (Wildman–Crippen LogP) is 3.59. The van der Waals surface area contributed by atoms with Crippen LogP contribution in [0.25, 0.3) is 0 Å². The summed E-state index contributed by atoms with van der Waals surface area (Å²) in [4.78, 5) is 12.3. The van der Waals surface area contributed by atoms with Crippen LogP contribution < -0.4 is 14.8 Å². The molecule has 0 aliphatic heterocycles. The Hall–Kier alpha value is -3.31. The Bertz CT molecular complexity index is 1150. The van der Waals surface area contributed by atoms with E-state index in [0.717, 1.165) is 12.1 Å². The number of carbonyl (C=O) groups excluding carboxylic acids is 1. The zero-order valence-corrected chi connectivity index (χ0v) is 16.7. The zero-order valence-electron chi connectivity index (χ0n) is 15.8. The molecule has 11 heteroatoms. The maximum Gasteiger partial charge on any atom is 0.573 e. The molecule has 0 radical (unpaired) electrons. The number of halogens is 3. The van der Waals surface area contributed by atoms with Gasteiger partial charge >= 0.3 is 6.36 Å². The van der Waals surface area contributed by atoms with Crippen LogP contribution in [0.1, 0.15) is 21.7 Å². The van der Waals surface area contributed by atoms with E-state index in [2.05, 4.69) is 14.8 Å². The van der Waals surface area contributed by atoms with Crippen molar-refractivity contribution in [2.24, 2.45) is 0 Å². The average Bonchev–Trinajstić information content (AvgIpc) is 3.24. The van der Waals surface area contributed by atoms with Crippen molar-refractivity contribution in [2.45, 2.75) is 24.3 Å². The van der Waals surface area contributed by atoms with E-state index >= 15 is 0 Å². The highest BCUT2D eigenvalue weighted by molar-refractivity contribution is 7.89. The fraction of sp³-hybridized carbons (Fsp3) is 0.150. The van der Waals surface area contributed by atoms with E-state index in [9.17, 15) is 26.4 Å². The molecule has 1 aromatic heterocycles. The highest BCUT2D eigenvalue weighted by Gasteiger charge is 2.32. The van der Waals surface area contributed by atoms with E-state index in [1.807, 2.05) is 0 Å². The molecule has 0 aliphatic rings. The molecule has 0 aliphatic carbocycles. The average molecular weight is 454 g/mol. The Morgan fingerprint density at radius 3 is 2.48 bits per heavy atom. The normalized spacial score (nSPS) is 11.8. The molecule has 0 fully saturated rings. The summed E-state index contributed by atoms with van der Waals surface area (Å²) in [6.07, 6.45) is -3.46. The standard InChI is InChI=1S/C20H17F3N2O5S/c21-20(22,23)30-18-9-2-1-5-15(18)12-24-19(26)14-6-3-8-17(11-14)31(27,28)25-13-16-7-4-10-29-16/h1-11,25H,12-13H2,(H,24,26). The van der Waals surface area contributed by atoms with Gasteiger partial charge in [0.1, 0.15) is 11.5 Å². The van der Waals surface area contributed by atoms with Gasteiger partial charge in [-0.25, -0.2) is 13.1 Å². The van der Waals surface area contributed by atoms with Crippen molar-refractivity contribution in [3.63, 3.8) is 0 Å². The fourth-order valence-corrected chi connectivity index (χ4v) is 3.66. The monoisotopic (exact) mass is 454 g/mol. The third kappa shape index (κ3) is 6.33. The SMILES string of the molecule is O=C(NCc1ccccc1OC(F)(F)F)c1cccc(S(=O)(=O)NCc2ccco2)c1. The fourth-order valence-electron chi connectivity index (χ4n) is 2.62. The Kier molecular flexibility index (Phi) is 6.66. The van der Waals surface area contributed by atoms with E-state index in [0.29, 0.717) is 5.76 Å². The first-order valence-corrected chi connectivity index (χ1v) is 10.4. The number of para-hydroxylation sites is 1. The minimum absolute atomic E-state index is 0.0232. The van der Waals surface area contributed by atoms with E-state index < -0.39 is 28.0 Å². The van der Waals surface area contributed by atoms with Gasteiger partial charge in [-0.2, -0.15) is 0 Å². The summed E-state index contributed by atoms with van der Waals surface area (Å²) in [6, 6.07) is 13.9. The van der Waals surface area contributed by atoms with Gasteiger partial charge in [0.2, 0.25) is 10.0 Å². The number of sulfonamides is 1. The van der Waals surface area contributed by atoms with Gasteiger partial charge < -0.3 is 14.5 Å². The van der Waals surface area contributed by atoms with Crippen LogP contribution in [0.3, 0.4) is 0 Å². The Morgan fingerprint density at radius 1 is 1.00 bits per heavy atom. The lowest BCUT2D eigenvalue weighted by atomic mass is 10.1. The summed E-state index contributed by atoms with van der Waals surface area (Å²) in [6.45, 7) is -0.319. The minimum Gasteiger partial charge on any atom is -0.468 e. The molecule has 7 nitrogen and oxygen atoms in total. The minimum atomic E-state index is -4.87. The predicted molar refractivity (Wildman–Crippen MR) is 103 cm³/mol. The molecule has 0 saturated heterocycles. The summed E-state index contributed by atoms with van der Waals surface area (Å²) in [5.41, 5.74) is 0.132. The second-order valence-corrected chi connectivity index (χ2v) is 8.04.